The van der Waals surface area contributed by atoms with Gasteiger partial charge >= 0.3 is 6.18 Å². The molecule has 0 bridgehead atoms. The van der Waals surface area contributed by atoms with E-state index in [0.29, 0.717) is 30.4 Å². The molecule has 148 valence electrons. The molecule has 0 aromatic heterocycles. The standard InChI is InChI=1S/C16H22F4N4O.HI/c1-3-21-15(22-8-7-12-5-4-6-13(17)9-12)23-10-14(25)24(2)11-16(18,19)20;/h4-6,9H,3,7-8,10-11H2,1-2H3,(H2,21,22,23);1H. The van der Waals surface area contributed by atoms with Crippen LogP contribution in [0.3, 0.4) is 0 Å². The van der Waals surface area contributed by atoms with Gasteiger partial charge < -0.3 is 15.5 Å². The lowest BCUT2D eigenvalue weighted by molar-refractivity contribution is -0.157. The number of aliphatic imine (C=N–C) groups is 1. The fraction of sp³-hybridized carbons (Fsp3) is 0.500. The molecule has 0 aliphatic rings. The molecule has 1 aromatic rings. The van der Waals surface area contributed by atoms with Crippen LogP contribution < -0.4 is 10.6 Å². The maximum Gasteiger partial charge on any atom is 0.406 e. The number of halogens is 5. The largest absolute Gasteiger partial charge is 0.406 e. The van der Waals surface area contributed by atoms with E-state index < -0.39 is 25.2 Å². The molecule has 1 amide bonds. The second kappa shape index (κ2) is 11.9. The van der Waals surface area contributed by atoms with Gasteiger partial charge in [-0.05, 0) is 31.0 Å². The van der Waals surface area contributed by atoms with Crippen molar-refractivity contribution in [3.63, 3.8) is 0 Å². The molecule has 0 aliphatic heterocycles. The van der Waals surface area contributed by atoms with E-state index in [1.807, 2.05) is 6.92 Å². The van der Waals surface area contributed by atoms with Crippen molar-refractivity contribution in [2.24, 2.45) is 4.99 Å². The molecule has 0 atom stereocenters. The van der Waals surface area contributed by atoms with Gasteiger partial charge in [0.2, 0.25) is 5.91 Å². The summed E-state index contributed by atoms with van der Waals surface area (Å²) in [5.41, 5.74) is 0.796. The topological polar surface area (TPSA) is 56.7 Å². The van der Waals surface area contributed by atoms with E-state index in [2.05, 4.69) is 15.6 Å². The van der Waals surface area contributed by atoms with E-state index in [9.17, 15) is 22.4 Å². The molecule has 0 aliphatic carbocycles. The maximum absolute atomic E-state index is 13.1. The van der Waals surface area contributed by atoms with E-state index in [0.717, 1.165) is 12.6 Å². The van der Waals surface area contributed by atoms with Crippen molar-refractivity contribution in [2.45, 2.75) is 19.5 Å². The van der Waals surface area contributed by atoms with Gasteiger partial charge in [-0.3, -0.25) is 4.79 Å². The Hall–Kier alpha value is -1.59. The third-order valence-corrected chi connectivity index (χ3v) is 3.15. The summed E-state index contributed by atoms with van der Waals surface area (Å²) in [5.74, 6) is -0.747. The van der Waals surface area contributed by atoms with Crippen molar-refractivity contribution in [3.8, 4) is 0 Å². The van der Waals surface area contributed by atoms with Crippen LogP contribution in [0.25, 0.3) is 0 Å². The fourth-order valence-electron chi connectivity index (χ4n) is 1.98. The zero-order chi connectivity index (χ0) is 18.9. The van der Waals surface area contributed by atoms with E-state index in [-0.39, 0.29) is 29.8 Å². The van der Waals surface area contributed by atoms with Crippen LogP contribution in [0.4, 0.5) is 17.6 Å². The number of hydrogen-bond donors (Lipinski definition) is 2. The van der Waals surface area contributed by atoms with Crippen LogP contribution in [0.15, 0.2) is 29.3 Å². The highest BCUT2D eigenvalue weighted by atomic mass is 127. The zero-order valence-electron chi connectivity index (χ0n) is 14.6. The molecule has 26 heavy (non-hydrogen) atoms. The Bertz CT molecular complexity index is 596. The molecular weight excluding hydrogens is 467 g/mol. The van der Waals surface area contributed by atoms with Gasteiger partial charge in [0.05, 0.1) is 0 Å². The fourth-order valence-corrected chi connectivity index (χ4v) is 1.98. The summed E-state index contributed by atoms with van der Waals surface area (Å²) < 4.78 is 49.9. The number of hydrogen-bond acceptors (Lipinski definition) is 2. The normalized spacial score (nSPS) is 11.5. The molecule has 0 saturated heterocycles. The van der Waals surface area contributed by atoms with E-state index in [1.165, 1.54) is 12.1 Å². The number of alkyl halides is 3. The Morgan fingerprint density at radius 2 is 1.96 bits per heavy atom. The van der Waals surface area contributed by atoms with Gasteiger partial charge in [0, 0.05) is 20.1 Å². The van der Waals surface area contributed by atoms with Crippen molar-refractivity contribution in [3.05, 3.63) is 35.6 Å². The minimum absolute atomic E-state index is 0. The number of carbonyl (C=O) groups excluding carboxylic acids is 1. The average Bonchev–Trinajstić information content (AvgIpc) is 2.50. The van der Waals surface area contributed by atoms with Crippen LogP contribution in [-0.4, -0.2) is 56.2 Å². The highest BCUT2D eigenvalue weighted by Gasteiger charge is 2.30. The summed E-state index contributed by atoms with van der Waals surface area (Å²) >= 11 is 0. The van der Waals surface area contributed by atoms with Gasteiger partial charge in [-0.25, -0.2) is 9.38 Å². The molecule has 0 unspecified atom stereocenters. The summed E-state index contributed by atoms with van der Waals surface area (Å²) in [6.07, 6.45) is -3.91. The van der Waals surface area contributed by atoms with Crippen LogP contribution in [0, 0.1) is 5.82 Å². The van der Waals surface area contributed by atoms with Crippen molar-refractivity contribution >= 4 is 35.8 Å². The zero-order valence-corrected chi connectivity index (χ0v) is 16.9. The van der Waals surface area contributed by atoms with E-state index in [1.54, 1.807) is 12.1 Å². The summed E-state index contributed by atoms with van der Waals surface area (Å²) in [7, 11) is 1.08. The number of amides is 1. The van der Waals surface area contributed by atoms with Crippen LogP contribution in [-0.2, 0) is 11.2 Å². The molecule has 1 rings (SSSR count). The molecule has 0 spiro atoms. The number of nitrogens with one attached hydrogen (secondary N) is 2. The quantitative estimate of drug-likeness (QED) is 0.268. The smallest absolute Gasteiger partial charge is 0.357 e. The number of rotatable bonds is 7. The van der Waals surface area contributed by atoms with Crippen LogP contribution in [0.2, 0.25) is 0 Å². The molecular formula is C16H23F4IN4O. The first-order chi connectivity index (χ1) is 11.7. The van der Waals surface area contributed by atoms with E-state index >= 15 is 0 Å². The van der Waals surface area contributed by atoms with Crippen molar-refractivity contribution in [1.29, 1.82) is 0 Å². The molecule has 1 aromatic carbocycles. The van der Waals surface area contributed by atoms with Crippen LogP contribution in [0.1, 0.15) is 12.5 Å². The Kier molecular flexibility index (Phi) is 11.2. The Labute approximate surface area is 167 Å². The molecule has 10 heteroatoms. The SMILES string of the molecule is CCNC(=NCC(=O)N(C)CC(F)(F)F)NCCc1cccc(F)c1.I. The number of benzene rings is 1. The lowest BCUT2D eigenvalue weighted by Crippen LogP contribution is -2.40. The molecule has 0 radical (unpaired) electrons. The molecule has 0 fully saturated rings. The predicted molar refractivity (Wildman–Crippen MR) is 103 cm³/mol. The number of likely N-dealkylation sites (N-methyl/N-ethyl adjacent to an activating group) is 1. The monoisotopic (exact) mass is 490 g/mol. The predicted octanol–water partition coefficient (Wildman–Crippen LogP) is 2.56. The first-order valence-electron chi connectivity index (χ1n) is 7.78. The van der Waals surface area contributed by atoms with Gasteiger partial charge in [-0.1, -0.05) is 12.1 Å². The molecule has 0 saturated carbocycles. The summed E-state index contributed by atoms with van der Waals surface area (Å²) in [6, 6.07) is 6.16. The molecule has 5 nitrogen and oxygen atoms in total. The van der Waals surface area contributed by atoms with Gasteiger partial charge in [0.1, 0.15) is 18.9 Å². The van der Waals surface area contributed by atoms with Gasteiger partial charge in [-0.2, -0.15) is 13.2 Å². The second-order valence-electron chi connectivity index (χ2n) is 5.37. The van der Waals surface area contributed by atoms with Crippen molar-refractivity contribution < 1.29 is 22.4 Å². The number of guanidine groups is 1. The third-order valence-electron chi connectivity index (χ3n) is 3.15. The van der Waals surface area contributed by atoms with Gasteiger partial charge in [0.25, 0.3) is 0 Å². The average molecular weight is 490 g/mol. The first-order valence-corrected chi connectivity index (χ1v) is 7.78. The highest BCUT2D eigenvalue weighted by Crippen LogP contribution is 2.15. The summed E-state index contributed by atoms with van der Waals surface area (Å²) in [4.78, 5) is 16.2. The van der Waals surface area contributed by atoms with Crippen molar-refractivity contribution in [1.82, 2.24) is 15.5 Å². The summed E-state index contributed by atoms with van der Waals surface area (Å²) in [5, 5.41) is 5.85. The number of nitrogens with zero attached hydrogens (tertiary/aromatic N) is 2. The minimum Gasteiger partial charge on any atom is -0.357 e. The van der Waals surface area contributed by atoms with Gasteiger partial charge in [-0.15, -0.1) is 24.0 Å². The lowest BCUT2D eigenvalue weighted by Gasteiger charge is -2.18. The summed E-state index contributed by atoms with van der Waals surface area (Å²) in [6.45, 7) is 1.06. The Morgan fingerprint density at radius 3 is 2.54 bits per heavy atom. The van der Waals surface area contributed by atoms with Crippen LogP contribution in [0.5, 0.6) is 0 Å². The Morgan fingerprint density at radius 1 is 1.27 bits per heavy atom. The van der Waals surface area contributed by atoms with Crippen LogP contribution >= 0.6 is 24.0 Å². The van der Waals surface area contributed by atoms with Gasteiger partial charge in [0.15, 0.2) is 5.96 Å². The Balaban J connectivity index is 0.00000625. The number of carbonyl (C=O) groups is 1. The minimum atomic E-state index is -4.44. The van der Waals surface area contributed by atoms with Crippen molar-refractivity contribution in [2.75, 3.05) is 33.2 Å². The first kappa shape index (κ1) is 24.4. The highest BCUT2D eigenvalue weighted by molar-refractivity contribution is 14.0. The second-order valence-corrected chi connectivity index (χ2v) is 5.37. The molecule has 2 N–H and O–H groups in total. The van der Waals surface area contributed by atoms with E-state index in [4.69, 9.17) is 0 Å². The lowest BCUT2D eigenvalue weighted by atomic mass is 10.1. The third kappa shape index (κ3) is 10.4. The maximum atomic E-state index is 13.1. The molecule has 0 heterocycles.